The molecule has 0 aromatic carbocycles. The van der Waals surface area contributed by atoms with Crippen LogP contribution in [-0.2, 0) is 22.0 Å². The third-order valence-corrected chi connectivity index (χ3v) is 3.69. The number of anilines is 1. The fourth-order valence-corrected chi connectivity index (χ4v) is 2.85. The topological polar surface area (TPSA) is 106 Å². The SMILES string of the molecule is Nc1nc2c(c(=O)[nH]1)CS(=O)(=O)CC2. The van der Waals surface area contributed by atoms with Crippen LogP contribution in [0.5, 0.6) is 0 Å². The summed E-state index contributed by atoms with van der Waals surface area (Å²) >= 11 is 0. The molecule has 7 heteroatoms. The zero-order valence-corrected chi connectivity index (χ0v) is 8.10. The second kappa shape index (κ2) is 2.81. The number of sulfone groups is 1. The minimum Gasteiger partial charge on any atom is -0.369 e. The first-order chi connectivity index (χ1) is 6.48. The molecule has 0 radical (unpaired) electrons. The van der Waals surface area contributed by atoms with Crippen molar-refractivity contribution in [2.45, 2.75) is 12.2 Å². The lowest BCUT2D eigenvalue weighted by atomic mass is 10.2. The van der Waals surface area contributed by atoms with Crippen molar-refractivity contribution in [3.8, 4) is 0 Å². The van der Waals surface area contributed by atoms with Gasteiger partial charge in [0.1, 0.15) is 0 Å². The molecule has 2 rings (SSSR count). The van der Waals surface area contributed by atoms with E-state index in [4.69, 9.17) is 5.73 Å². The summed E-state index contributed by atoms with van der Waals surface area (Å²) in [5.41, 5.74) is 5.61. The molecule has 0 bridgehead atoms. The van der Waals surface area contributed by atoms with E-state index in [2.05, 4.69) is 9.97 Å². The number of H-pyrrole nitrogens is 1. The third-order valence-electron chi connectivity index (χ3n) is 2.13. The van der Waals surface area contributed by atoms with Crippen LogP contribution < -0.4 is 11.3 Å². The van der Waals surface area contributed by atoms with Crippen molar-refractivity contribution in [3.63, 3.8) is 0 Å². The van der Waals surface area contributed by atoms with E-state index in [1.165, 1.54) is 0 Å². The van der Waals surface area contributed by atoms with Gasteiger partial charge in [-0.15, -0.1) is 0 Å². The number of hydrogen-bond donors (Lipinski definition) is 2. The zero-order valence-electron chi connectivity index (χ0n) is 7.28. The molecule has 0 atom stereocenters. The van der Waals surface area contributed by atoms with E-state index in [0.29, 0.717) is 5.69 Å². The molecule has 0 amide bonds. The molecular formula is C7H9N3O3S. The van der Waals surface area contributed by atoms with Gasteiger partial charge in [-0.25, -0.2) is 13.4 Å². The summed E-state index contributed by atoms with van der Waals surface area (Å²) in [6.45, 7) is 0. The Morgan fingerprint density at radius 1 is 1.43 bits per heavy atom. The number of aromatic nitrogens is 2. The summed E-state index contributed by atoms with van der Waals surface area (Å²) in [7, 11) is -3.13. The Morgan fingerprint density at radius 3 is 2.86 bits per heavy atom. The van der Waals surface area contributed by atoms with Gasteiger partial charge >= 0.3 is 0 Å². The second-order valence-corrected chi connectivity index (χ2v) is 5.40. The van der Waals surface area contributed by atoms with Gasteiger partial charge in [0.15, 0.2) is 9.84 Å². The Morgan fingerprint density at radius 2 is 2.14 bits per heavy atom. The standard InChI is InChI=1S/C7H9N3O3S/c8-7-9-5-1-2-14(12,13)3-4(5)6(11)10-7/h1-3H2,(H3,8,9,10,11). The lowest BCUT2D eigenvalue weighted by Crippen LogP contribution is -2.28. The molecular weight excluding hydrogens is 206 g/mol. The maximum Gasteiger partial charge on any atom is 0.256 e. The number of nitrogens with one attached hydrogen (secondary N) is 1. The van der Waals surface area contributed by atoms with Gasteiger partial charge in [-0.1, -0.05) is 0 Å². The highest BCUT2D eigenvalue weighted by Gasteiger charge is 2.24. The fourth-order valence-electron chi connectivity index (χ4n) is 1.46. The number of nitrogens with two attached hydrogens (primary N) is 1. The molecule has 1 aliphatic rings. The van der Waals surface area contributed by atoms with Crippen molar-refractivity contribution in [2.24, 2.45) is 0 Å². The first-order valence-corrected chi connectivity index (χ1v) is 5.88. The van der Waals surface area contributed by atoms with Gasteiger partial charge in [0.2, 0.25) is 5.95 Å². The Balaban J connectivity index is 2.64. The number of aromatic amines is 1. The van der Waals surface area contributed by atoms with Crippen LogP contribution in [-0.4, -0.2) is 24.1 Å². The Labute approximate surface area is 80.1 Å². The van der Waals surface area contributed by atoms with Crippen LogP contribution in [0.25, 0.3) is 0 Å². The molecule has 0 saturated heterocycles. The van der Waals surface area contributed by atoms with Crippen LogP contribution in [0.1, 0.15) is 11.3 Å². The summed E-state index contributed by atoms with van der Waals surface area (Å²) in [6, 6.07) is 0. The first kappa shape index (κ1) is 9.20. The molecule has 0 aliphatic carbocycles. The second-order valence-electron chi connectivity index (χ2n) is 3.22. The van der Waals surface area contributed by atoms with E-state index in [1.807, 2.05) is 0 Å². The largest absolute Gasteiger partial charge is 0.369 e. The van der Waals surface area contributed by atoms with Crippen LogP contribution >= 0.6 is 0 Å². The van der Waals surface area contributed by atoms with Gasteiger partial charge in [0, 0.05) is 6.42 Å². The van der Waals surface area contributed by atoms with Gasteiger partial charge < -0.3 is 5.73 Å². The van der Waals surface area contributed by atoms with E-state index >= 15 is 0 Å². The Kier molecular flexibility index (Phi) is 1.84. The van der Waals surface area contributed by atoms with Crippen molar-refractivity contribution in [1.82, 2.24) is 9.97 Å². The lowest BCUT2D eigenvalue weighted by Gasteiger charge is -2.13. The number of nitrogens with zero attached hydrogens (tertiary/aromatic N) is 1. The number of fused-ring (bicyclic) bond motifs is 1. The Hall–Kier alpha value is -1.37. The predicted molar refractivity (Wildman–Crippen MR) is 50.5 cm³/mol. The number of rotatable bonds is 0. The van der Waals surface area contributed by atoms with E-state index in [1.54, 1.807) is 0 Å². The summed E-state index contributed by atoms with van der Waals surface area (Å²) < 4.78 is 22.5. The highest BCUT2D eigenvalue weighted by molar-refractivity contribution is 7.90. The van der Waals surface area contributed by atoms with Crippen molar-refractivity contribution < 1.29 is 8.42 Å². The minimum atomic E-state index is -3.13. The van der Waals surface area contributed by atoms with E-state index in [-0.39, 0.29) is 29.4 Å². The summed E-state index contributed by atoms with van der Waals surface area (Å²) in [5.74, 6) is -0.158. The Bertz CT molecular complexity index is 532. The number of hydrogen-bond acceptors (Lipinski definition) is 5. The van der Waals surface area contributed by atoms with Crippen molar-refractivity contribution in [2.75, 3.05) is 11.5 Å². The van der Waals surface area contributed by atoms with Crippen LogP contribution in [0.4, 0.5) is 5.95 Å². The highest BCUT2D eigenvalue weighted by Crippen LogP contribution is 2.15. The first-order valence-electron chi connectivity index (χ1n) is 4.06. The predicted octanol–water partition coefficient (Wildman–Crippen LogP) is -1.18. The van der Waals surface area contributed by atoms with Crippen LogP contribution in [0.2, 0.25) is 0 Å². The van der Waals surface area contributed by atoms with Gasteiger partial charge in [0.05, 0.1) is 22.8 Å². The maximum absolute atomic E-state index is 11.3. The molecule has 0 saturated carbocycles. The van der Waals surface area contributed by atoms with Crippen molar-refractivity contribution in [1.29, 1.82) is 0 Å². The number of nitrogen functional groups attached to an aromatic ring is 1. The molecule has 0 fully saturated rings. The van der Waals surface area contributed by atoms with Gasteiger partial charge in [-0.05, 0) is 0 Å². The highest BCUT2D eigenvalue weighted by atomic mass is 32.2. The molecule has 2 heterocycles. The summed E-state index contributed by atoms with van der Waals surface area (Å²) in [6.07, 6.45) is 0.270. The quantitative estimate of drug-likeness (QED) is 0.566. The van der Waals surface area contributed by atoms with Gasteiger partial charge in [0.25, 0.3) is 5.56 Å². The van der Waals surface area contributed by atoms with E-state index < -0.39 is 15.4 Å². The smallest absolute Gasteiger partial charge is 0.256 e. The normalized spacial score (nSPS) is 18.9. The maximum atomic E-state index is 11.3. The molecule has 76 valence electrons. The van der Waals surface area contributed by atoms with Gasteiger partial charge in [-0.3, -0.25) is 9.78 Å². The zero-order chi connectivity index (χ0) is 10.3. The molecule has 14 heavy (non-hydrogen) atoms. The summed E-state index contributed by atoms with van der Waals surface area (Å²) in [4.78, 5) is 17.5. The van der Waals surface area contributed by atoms with E-state index in [0.717, 1.165) is 0 Å². The molecule has 0 spiro atoms. The molecule has 1 aromatic heterocycles. The summed E-state index contributed by atoms with van der Waals surface area (Å²) in [5, 5.41) is 0. The molecule has 0 unspecified atom stereocenters. The molecule has 1 aromatic rings. The lowest BCUT2D eigenvalue weighted by molar-refractivity contribution is 0.590. The monoisotopic (exact) mass is 215 g/mol. The number of aryl methyl sites for hydroxylation is 1. The fraction of sp³-hybridized carbons (Fsp3) is 0.429. The minimum absolute atomic E-state index is 0.0352. The molecule has 6 nitrogen and oxygen atoms in total. The van der Waals surface area contributed by atoms with Crippen LogP contribution in [0.15, 0.2) is 4.79 Å². The van der Waals surface area contributed by atoms with Crippen molar-refractivity contribution in [3.05, 3.63) is 21.6 Å². The van der Waals surface area contributed by atoms with E-state index in [9.17, 15) is 13.2 Å². The van der Waals surface area contributed by atoms with Crippen LogP contribution in [0, 0.1) is 0 Å². The average molecular weight is 215 g/mol. The van der Waals surface area contributed by atoms with Crippen molar-refractivity contribution >= 4 is 15.8 Å². The molecule has 3 N–H and O–H groups in total. The average Bonchev–Trinajstić information content (AvgIpc) is 2.06. The molecule has 1 aliphatic heterocycles. The van der Waals surface area contributed by atoms with Gasteiger partial charge in [-0.2, -0.15) is 0 Å². The van der Waals surface area contributed by atoms with Crippen LogP contribution in [0.3, 0.4) is 0 Å². The third kappa shape index (κ3) is 1.50.